The van der Waals surface area contributed by atoms with Crippen LogP contribution in [0.4, 0.5) is 22.0 Å². The maximum absolute atomic E-state index is 13.2. The maximum atomic E-state index is 13.2. The van der Waals surface area contributed by atoms with Gasteiger partial charge in [-0.25, -0.2) is 14.8 Å². The van der Waals surface area contributed by atoms with E-state index in [1.54, 1.807) is 63.1 Å². The monoisotopic (exact) mass is 609 g/mol. The predicted octanol–water partition coefficient (Wildman–Crippen LogP) is -0.563. The van der Waals surface area contributed by atoms with Crippen LogP contribution in [0.2, 0.25) is 0 Å². The van der Waals surface area contributed by atoms with Gasteiger partial charge in [0.05, 0.1) is 13.1 Å². The van der Waals surface area contributed by atoms with Gasteiger partial charge in [0.25, 0.3) is 11.8 Å². The number of nitrogens with one attached hydrogen (secondary N) is 5. The molecule has 236 valence electrons. The van der Waals surface area contributed by atoms with E-state index in [1.165, 1.54) is 0 Å². The normalized spacial score (nSPS) is 17.7. The molecule has 7 N–H and O–H groups in total. The first-order valence-corrected chi connectivity index (χ1v) is 14.5. The number of benzene rings is 1. The van der Waals surface area contributed by atoms with Crippen molar-refractivity contribution in [3.05, 3.63) is 41.7 Å². The lowest BCUT2D eigenvalue weighted by atomic mass is 10.1. The standard InChI is InChI=1S/C29H39N9O6/c1-6-37-19-10-9-17(24(39)32-12-8-13-33-27(43)44-28(3,4)5)15-20(19)38(7-2)29(37,26(41)42)16-34-25(40)21-22(30)36-23-18(35-21)11-14-31-23/h9-11,14-15H,6-8,12-13,16H2,1-5H3,(H,32,39)(H,33,43)(H,34,40)(H,41,42)(H3,30,31,36). The number of hydrogen-bond donors (Lipinski definition) is 6. The van der Waals surface area contributed by atoms with Crippen LogP contribution >= 0.6 is 0 Å². The van der Waals surface area contributed by atoms with Gasteiger partial charge < -0.3 is 46.2 Å². The molecule has 3 aromatic rings. The highest BCUT2D eigenvalue weighted by atomic mass is 16.6. The van der Waals surface area contributed by atoms with Crippen molar-refractivity contribution in [1.29, 1.82) is 0 Å². The number of quaternary nitrogens is 1. The van der Waals surface area contributed by atoms with Crippen LogP contribution in [0.15, 0.2) is 30.5 Å². The second kappa shape index (κ2) is 12.8. The van der Waals surface area contributed by atoms with E-state index in [-0.39, 0.29) is 30.5 Å². The minimum absolute atomic E-state index is 0.0991. The smallest absolute Gasteiger partial charge is 0.407 e. The van der Waals surface area contributed by atoms with Gasteiger partial charge in [-0.05, 0) is 59.2 Å². The minimum atomic E-state index is -1.72. The third-order valence-electron chi connectivity index (χ3n) is 7.28. The molecule has 0 fully saturated rings. The third kappa shape index (κ3) is 6.37. The summed E-state index contributed by atoms with van der Waals surface area (Å²) >= 11 is 0. The Balaban J connectivity index is 1.48. The summed E-state index contributed by atoms with van der Waals surface area (Å²) in [5, 5.41) is 21.1. The number of alkyl carbamates (subject to hydrolysis) is 1. The molecular weight excluding hydrogens is 570 g/mol. The molecule has 0 spiro atoms. The van der Waals surface area contributed by atoms with Crippen molar-refractivity contribution in [2.45, 2.75) is 52.3 Å². The molecule has 4 rings (SSSR count). The number of nitrogens with two attached hydrogens (primary N) is 1. The molecule has 0 saturated heterocycles. The number of aliphatic carboxylic acids is 1. The molecule has 15 nitrogen and oxygen atoms in total. The number of carbonyl (C=O) groups excluding carboxylic acids is 4. The summed E-state index contributed by atoms with van der Waals surface area (Å²) < 4.78 is 5.19. The first-order chi connectivity index (χ1) is 20.8. The lowest BCUT2D eigenvalue weighted by Crippen LogP contribution is -3.19. The summed E-state index contributed by atoms with van der Waals surface area (Å²) in [6.45, 7) is 9.80. The number of aromatic amines is 1. The van der Waals surface area contributed by atoms with Gasteiger partial charge >= 0.3 is 6.09 Å². The first kappa shape index (κ1) is 32.0. The second-order valence-electron chi connectivity index (χ2n) is 11.3. The van der Waals surface area contributed by atoms with Crippen molar-refractivity contribution in [2.75, 3.05) is 43.4 Å². The van der Waals surface area contributed by atoms with Crippen molar-refractivity contribution < 1.29 is 33.9 Å². The topological polar surface area (TPSA) is 212 Å². The number of hydrogen-bond acceptors (Lipinski definition) is 10. The molecule has 2 unspecified atom stereocenters. The van der Waals surface area contributed by atoms with E-state index in [9.17, 15) is 24.3 Å². The Hall–Kier alpha value is -4.92. The molecule has 1 aliphatic heterocycles. The van der Waals surface area contributed by atoms with Gasteiger partial charge in [0.1, 0.15) is 22.8 Å². The highest BCUT2D eigenvalue weighted by molar-refractivity contribution is 5.99. The number of H-pyrrole nitrogens is 1. The van der Waals surface area contributed by atoms with Crippen LogP contribution in [-0.2, 0) is 9.53 Å². The molecule has 0 saturated carbocycles. The molecule has 2 aromatic heterocycles. The number of carboxylic acid groups (broad SMARTS) is 1. The number of likely N-dealkylation sites (N-methyl/N-ethyl adjacent to an activating group) is 2. The Labute approximate surface area is 254 Å². The number of rotatable bonds is 11. The van der Waals surface area contributed by atoms with E-state index >= 15 is 0 Å². The molecular formula is C29H39N9O6. The van der Waals surface area contributed by atoms with Crippen LogP contribution in [0.1, 0.15) is 61.9 Å². The van der Waals surface area contributed by atoms with E-state index in [2.05, 4.69) is 30.9 Å². The molecule has 0 bridgehead atoms. The summed E-state index contributed by atoms with van der Waals surface area (Å²) in [7, 11) is 0. The van der Waals surface area contributed by atoms with Gasteiger partial charge in [-0.3, -0.25) is 14.5 Å². The van der Waals surface area contributed by atoms with Gasteiger partial charge in [-0.1, -0.05) is 0 Å². The molecule has 2 atom stereocenters. The van der Waals surface area contributed by atoms with Gasteiger partial charge in [-0.2, -0.15) is 0 Å². The van der Waals surface area contributed by atoms with Crippen molar-refractivity contribution in [1.82, 2.24) is 30.9 Å². The largest absolute Gasteiger partial charge is 0.542 e. The van der Waals surface area contributed by atoms with Crippen molar-refractivity contribution >= 4 is 52.2 Å². The minimum Gasteiger partial charge on any atom is -0.542 e. The van der Waals surface area contributed by atoms with Crippen molar-refractivity contribution in [2.24, 2.45) is 0 Å². The van der Waals surface area contributed by atoms with Crippen LogP contribution in [-0.4, -0.2) is 82.8 Å². The number of fused-ring (bicyclic) bond motifs is 2. The van der Waals surface area contributed by atoms with Gasteiger partial charge in [-0.15, -0.1) is 0 Å². The lowest BCUT2D eigenvalue weighted by Gasteiger charge is -2.41. The van der Waals surface area contributed by atoms with E-state index in [0.29, 0.717) is 59.1 Å². The second-order valence-corrected chi connectivity index (χ2v) is 11.3. The number of ether oxygens (including phenoxy) is 1. The number of amides is 3. The summed E-state index contributed by atoms with van der Waals surface area (Å²) in [5.74, 6) is -2.52. The molecule has 3 heterocycles. The third-order valence-corrected chi connectivity index (χ3v) is 7.28. The number of carbonyl (C=O) groups is 4. The molecule has 0 aliphatic carbocycles. The van der Waals surface area contributed by atoms with Crippen LogP contribution in [0.25, 0.3) is 11.2 Å². The Kier molecular flexibility index (Phi) is 9.27. The Morgan fingerprint density at radius 3 is 2.45 bits per heavy atom. The SMILES string of the molecule is CCN1c2cc(C(=O)NCCCNC(=O)OC(C)(C)C)ccc2[NH+](CC)C1(CNC(=O)c1nc2cc[nH]c2nc1N)C(=O)[O-]. The first-order valence-electron chi connectivity index (χ1n) is 14.5. The number of aromatic nitrogens is 3. The molecule has 0 radical (unpaired) electrons. The number of carboxylic acids is 1. The average molecular weight is 610 g/mol. The van der Waals surface area contributed by atoms with E-state index in [4.69, 9.17) is 10.5 Å². The predicted molar refractivity (Wildman–Crippen MR) is 160 cm³/mol. The summed E-state index contributed by atoms with van der Waals surface area (Å²) in [5.41, 5.74) is 5.91. The highest BCUT2D eigenvalue weighted by Gasteiger charge is 2.55. The Bertz CT molecular complexity index is 1570. The summed E-state index contributed by atoms with van der Waals surface area (Å²) in [6.07, 6.45) is 1.56. The molecule has 1 aromatic carbocycles. The van der Waals surface area contributed by atoms with Crippen LogP contribution in [0, 0.1) is 0 Å². The molecule has 15 heteroatoms. The summed E-state index contributed by atoms with van der Waals surface area (Å²) in [4.78, 5) is 64.4. The van der Waals surface area contributed by atoms with E-state index in [1.807, 2.05) is 6.92 Å². The van der Waals surface area contributed by atoms with Crippen LogP contribution < -0.4 is 36.6 Å². The van der Waals surface area contributed by atoms with Gasteiger partial charge in [0, 0.05) is 37.5 Å². The van der Waals surface area contributed by atoms with Crippen LogP contribution in [0.3, 0.4) is 0 Å². The fourth-order valence-corrected chi connectivity index (χ4v) is 5.41. The highest BCUT2D eigenvalue weighted by Crippen LogP contribution is 2.35. The number of anilines is 2. The maximum Gasteiger partial charge on any atom is 0.407 e. The summed E-state index contributed by atoms with van der Waals surface area (Å²) in [6, 6.07) is 6.62. The number of nitrogen functional groups attached to an aromatic ring is 1. The zero-order valence-electron chi connectivity index (χ0n) is 25.5. The number of nitrogens with zero attached hydrogens (tertiary/aromatic N) is 3. The Morgan fingerprint density at radius 2 is 1.80 bits per heavy atom. The zero-order chi connectivity index (χ0) is 32.2. The van der Waals surface area contributed by atoms with E-state index in [0.717, 1.165) is 0 Å². The molecule has 3 amide bonds. The van der Waals surface area contributed by atoms with Crippen molar-refractivity contribution in [3.8, 4) is 0 Å². The fourth-order valence-electron chi connectivity index (χ4n) is 5.41. The van der Waals surface area contributed by atoms with Crippen molar-refractivity contribution in [3.63, 3.8) is 0 Å². The molecule has 44 heavy (non-hydrogen) atoms. The van der Waals surface area contributed by atoms with Crippen LogP contribution in [0.5, 0.6) is 0 Å². The molecule has 1 aliphatic rings. The van der Waals surface area contributed by atoms with Gasteiger partial charge in [0.2, 0.25) is 5.66 Å². The lowest BCUT2D eigenvalue weighted by molar-refractivity contribution is -0.872. The van der Waals surface area contributed by atoms with Gasteiger partial charge in [0.15, 0.2) is 22.8 Å². The average Bonchev–Trinajstić information content (AvgIpc) is 3.52. The Morgan fingerprint density at radius 1 is 1.07 bits per heavy atom. The quantitative estimate of drug-likeness (QED) is 0.153. The zero-order valence-corrected chi connectivity index (χ0v) is 25.5. The fraction of sp³-hybridized carbons (Fsp3) is 0.448. The van der Waals surface area contributed by atoms with E-state index < -0.39 is 29.2 Å².